The zero-order chi connectivity index (χ0) is 28.7. The Balaban J connectivity index is 1.38. The number of aromatic nitrogens is 2. The molecule has 8 heteroatoms. The Morgan fingerprint density at radius 2 is 1.60 bits per heavy atom. The molecule has 0 aliphatic rings. The van der Waals surface area contributed by atoms with Crippen LogP contribution in [-0.4, -0.2) is 49.9 Å². The number of nitrogens with one attached hydrogen (secondary N) is 1. The Bertz CT molecular complexity index is 1410. The number of benzene rings is 3. The summed E-state index contributed by atoms with van der Waals surface area (Å²) in [4.78, 5) is 17.8. The first kappa shape index (κ1) is 28.8. The van der Waals surface area contributed by atoms with Crippen molar-refractivity contribution in [3.63, 3.8) is 0 Å². The van der Waals surface area contributed by atoms with Crippen LogP contribution in [0.1, 0.15) is 48.9 Å². The van der Waals surface area contributed by atoms with E-state index in [0.717, 1.165) is 35.6 Å². The van der Waals surface area contributed by atoms with Crippen molar-refractivity contribution in [1.29, 1.82) is 0 Å². The fraction of sp³-hybridized carbons (Fsp3) is 0.375. The first-order valence-corrected chi connectivity index (χ1v) is 13.5. The summed E-state index contributed by atoms with van der Waals surface area (Å²) in [5.74, 6) is 2.87. The third-order valence-electron chi connectivity index (χ3n) is 6.81. The molecule has 0 spiro atoms. The Kier molecular flexibility index (Phi) is 9.19. The second-order valence-electron chi connectivity index (χ2n) is 10.6. The molecule has 0 atom stereocenters. The molecule has 8 nitrogen and oxygen atoms in total. The molecule has 4 aromatic rings. The third kappa shape index (κ3) is 6.68. The van der Waals surface area contributed by atoms with Crippen LogP contribution in [0.25, 0.3) is 11.0 Å². The summed E-state index contributed by atoms with van der Waals surface area (Å²) in [5.41, 5.74) is 3.84. The van der Waals surface area contributed by atoms with Gasteiger partial charge in [0, 0.05) is 25.1 Å². The number of amides is 1. The number of rotatable bonds is 12. The van der Waals surface area contributed by atoms with E-state index in [1.165, 1.54) is 26.9 Å². The molecule has 0 fully saturated rings. The summed E-state index contributed by atoms with van der Waals surface area (Å²) < 4.78 is 24.3. The van der Waals surface area contributed by atoms with Gasteiger partial charge in [0.25, 0.3) is 5.91 Å². The van der Waals surface area contributed by atoms with Crippen LogP contribution in [0.4, 0.5) is 0 Å². The molecule has 1 heterocycles. The van der Waals surface area contributed by atoms with Gasteiger partial charge in [-0.25, -0.2) is 4.98 Å². The van der Waals surface area contributed by atoms with E-state index >= 15 is 0 Å². The fourth-order valence-electron chi connectivity index (χ4n) is 4.63. The quantitative estimate of drug-likeness (QED) is 0.227. The molecule has 1 N–H and O–H groups in total. The average Bonchev–Trinajstić information content (AvgIpc) is 3.31. The largest absolute Gasteiger partial charge is 0.494 e. The molecular weight excluding hydrogens is 506 g/mol. The van der Waals surface area contributed by atoms with Gasteiger partial charge in [-0.3, -0.25) is 4.79 Å². The molecule has 4 rings (SSSR count). The highest BCUT2D eigenvalue weighted by atomic mass is 16.5. The first-order chi connectivity index (χ1) is 19.2. The van der Waals surface area contributed by atoms with Gasteiger partial charge in [-0.05, 0) is 53.8 Å². The van der Waals surface area contributed by atoms with Crippen LogP contribution in [0.5, 0.6) is 23.0 Å². The second-order valence-corrected chi connectivity index (χ2v) is 10.6. The van der Waals surface area contributed by atoms with E-state index in [1.807, 2.05) is 30.3 Å². The van der Waals surface area contributed by atoms with Gasteiger partial charge in [-0.2, -0.15) is 0 Å². The van der Waals surface area contributed by atoms with Gasteiger partial charge in [0.1, 0.15) is 11.6 Å². The number of imidazole rings is 1. The van der Waals surface area contributed by atoms with Gasteiger partial charge in [0.15, 0.2) is 11.5 Å². The number of methoxy groups -OCH3 is 3. The lowest BCUT2D eigenvalue weighted by Gasteiger charge is -2.19. The molecule has 0 saturated carbocycles. The van der Waals surface area contributed by atoms with Crippen molar-refractivity contribution in [2.24, 2.45) is 0 Å². The number of aryl methyl sites for hydroxylation is 1. The second kappa shape index (κ2) is 12.8. The molecule has 0 radical (unpaired) electrons. The molecule has 3 aromatic carbocycles. The van der Waals surface area contributed by atoms with Crippen LogP contribution in [0.15, 0.2) is 60.7 Å². The van der Waals surface area contributed by atoms with Crippen molar-refractivity contribution < 1.29 is 23.7 Å². The number of ether oxygens (including phenoxy) is 4. The molecule has 0 saturated heterocycles. The highest BCUT2D eigenvalue weighted by Crippen LogP contribution is 2.38. The Morgan fingerprint density at radius 1 is 0.925 bits per heavy atom. The molecule has 1 amide bonds. The molecule has 0 unspecified atom stereocenters. The smallest absolute Gasteiger partial charge is 0.251 e. The number of nitrogens with zero attached hydrogens (tertiary/aromatic N) is 2. The van der Waals surface area contributed by atoms with E-state index in [1.54, 1.807) is 12.1 Å². The number of hydrogen-bond acceptors (Lipinski definition) is 6. The van der Waals surface area contributed by atoms with Gasteiger partial charge >= 0.3 is 0 Å². The minimum Gasteiger partial charge on any atom is -0.494 e. The lowest BCUT2D eigenvalue weighted by Crippen LogP contribution is -2.26. The minimum atomic E-state index is -0.229. The highest BCUT2D eigenvalue weighted by molar-refractivity contribution is 5.95. The van der Waals surface area contributed by atoms with Gasteiger partial charge in [0.05, 0.1) is 39.0 Å². The number of para-hydroxylation sites is 2. The normalized spacial score (nSPS) is 11.3. The highest BCUT2D eigenvalue weighted by Gasteiger charge is 2.18. The van der Waals surface area contributed by atoms with Crippen molar-refractivity contribution in [2.75, 3.05) is 34.5 Å². The maximum atomic E-state index is 12.9. The maximum Gasteiger partial charge on any atom is 0.251 e. The summed E-state index contributed by atoms with van der Waals surface area (Å²) in [6.07, 6.45) is 1.41. The van der Waals surface area contributed by atoms with Gasteiger partial charge in [-0.15, -0.1) is 0 Å². The van der Waals surface area contributed by atoms with Crippen molar-refractivity contribution in [2.45, 2.75) is 45.6 Å². The van der Waals surface area contributed by atoms with E-state index in [9.17, 15) is 4.79 Å². The monoisotopic (exact) mass is 545 g/mol. The van der Waals surface area contributed by atoms with E-state index in [-0.39, 0.29) is 11.3 Å². The van der Waals surface area contributed by atoms with Crippen LogP contribution in [0.3, 0.4) is 0 Å². The SMILES string of the molecule is COc1cc(C(=O)NCCc2nc3ccccc3n2CCCOc2ccc(C(C)(C)C)cc2)cc(OC)c1OC. The summed E-state index contributed by atoms with van der Waals surface area (Å²) in [6, 6.07) is 19.7. The van der Waals surface area contributed by atoms with E-state index in [0.29, 0.717) is 42.4 Å². The molecule has 0 aliphatic carbocycles. The molecular formula is C32H39N3O5. The summed E-state index contributed by atoms with van der Waals surface area (Å²) in [6.45, 7) is 8.39. The molecule has 212 valence electrons. The van der Waals surface area contributed by atoms with Gasteiger partial charge in [-0.1, -0.05) is 45.0 Å². The van der Waals surface area contributed by atoms with Crippen LogP contribution in [0.2, 0.25) is 0 Å². The molecule has 1 aromatic heterocycles. The van der Waals surface area contributed by atoms with E-state index in [4.69, 9.17) is 23.9 Å². The van der Waals surface area contributed by atoms with Crippen molar-refractivity contribution in [3.05, 3.63) is 77.6 Å². The Morgan fingerprint density at radius 3 is 2.23 bits per heavy atom. The zero-order valence-electron chi connectivity index (χ0n) is 24.2. The van der Waals surface area contributed by atoms with Gasteiger partial charge in [0.2, 0.25) is 5.75 Å². The fourth-order valence-corrected chi connectivity index (χ4v) is 4.63. The van der Waals surface area contributed by atoms with Crippen molar-refractivity contribution in [3.8, 4) is 23.0 Å². The summed E-state index contributed by atoms with van der Waals surface area (Å²) in [5, 5.41) is 2.99. The van der Waals surface area contributed by atoms with Gasteiger partial charge < -0.3 is 28.8 Å². The molecule has 0 aliphatic heterocycles. The van der Waals surface area contributed by atoms with E-state index in [2.05, 4.69) is 48.9 Å². The topological polar surface area (TPSA) is 83.8 Å². The maximum absolute atomic E-state index is 12.9. The van der Waals surface area contributed by atoms with E-state index < -0.39 is 0 Å². The predicted octanol–water partition coefficient (Wildman–Crippen LogP) is 5.80. The minimum absolute atomic E-state index is 0.116. The molecule has 40 heavy (non-hydrogen) atoms. The van der Waals surface area contributed by atoms with Crippen molar-refractivity contribution >= 4 is 16.9 Å². The van der Waals surface area contributed by atoms with Crippen LogP contribution in [-0.2, 0) is 18.4 Å². The molecule has 0 bridgehead atoms. The Hall–Kier alpha value is -4.20. The number of hydrogen-bond donors (Lipinski definition) is 1. The standard InChI is InChI=1S/C32H39N3O5/c1-32(2,3)23-12-14-24(15-13-23)40-19-9-18-35-26-11-8-7-10-25(26)34-29(35)16-17-33-31(36)22-20-27(37-4)30(39-6)28(21-22)38-5/h7-8,10-15,20-21H,9,16-19H2,1-6H3,(H,33,36). The van der Waals surface area contributed by atoms with Crippen LogP contribution < -0.4 is 24.3 Å². The average molecular weight is 546 g/mol. The first-order valence-electron chi connectivity index (χ1n) is 13.5. The lowest BCUT2D eigenvalue weighted by molar-refractivity contribution is 0.0953. The summed E-state index contributed by atoms with van der Waals surface area (Å²) in [7, 11) is 4.58. The number of carbonyl (C=O) groups excluding carboxylic acids is 1. The lowest BCUT2D eigenvalue weighted by atomic mass is 9.87. The number of fused-ring (bicyclic) bond motifs is 1. The Labute approximate surface area is 236 Å². The third-order valence-corrected chi connectivity index (χ3v) is 6.81. The van der Waals surface area contributed by atoms with Crippen LogP contribution >= 0.6 is 0 Å². The predicted molar refractivity (Wildman–Crippen MR) is 157 cm³/mol. The van der Waals surface area contributed by atoms with Crippen LogP contribution in [0, 0.1) is 0 Å². The van der Waals surface area contributed by atoms with Crippen molar-refractivity contribution in [1.82, 2.24) is 14.9 Å². The summed E-state index contributed by atoms with van der Waals surface area (Å²) >= 11 is 0. The zero-order valence-corrected chi connectivity index (χ0v) is 24.2. The number of carbonyl (C=O) groups is 1.